The second kappa shape index (κ2) is 6.97. The van der Waals surface area contributed by atoms with E-state index in [1.807, 2.05) is 0 Å². The molecule has 0 radical (unpaired) electrons. The van der Waals surface area contributed by atoms with Crippen LogP contribution in [-0.4, -0.2) is 14.2 Å². The monoisotopic (exact) mass is 398 g/mol. The summed E-state index contributed by atoms with van der Waals surface area (Å²) in [5.74, 6) is -4.44. The van der Waals surface area contributed by atoms with Crippen LogP contribution in [0.3, 0.4) is 0 Å². The minimum Gasteiger partial charge on any atom is -0.460 e. The van der Waals surface area contributed by atoms with Crippen molar-refractivity contribution < 1.29 is 27.9 Å². The standard InChI is InChI=1S/C17H13ClFNO5S/c18-12-8-4-7-11(13(12)19)15-14(21)16(17(20)24-15)25-26(22,23)9-10-5-2-1-3-6-10/h1-8,15H,9,20H2/t15-/m1/s1/i15D. The fourth-order valence-corrected chi connectivity index (χ4v) is 3.53. The van der Waals surface area contributed by atoms with Gasteiger partial charge in [0.25, 0.3) is 0 Å². The van der Waals surface area contributed by atoms with E-state index in [2.05, 4.69) is 0 Å². The Morgan fingerprint density at radius 1 is 1.23 bits per heavy atom. The average molecular weight is 399 g/mol. The van der Waals surface area contributed by atoms with Gasteiger partial charge in [-0.05, 0) is 11.6 Å². The lowest BCUT2D eigenvalue weighted by Crippen LogP contribution is -2.17. The minimum absolute atomic E-state index is 0.333. The van der Waals surface area contributed by atoms with E-state index in [1.165, 1.54) is 12.1 Å². The largest absolute Gasteiger partial charge is 0.460 e. The molecule has 1 heterocycles. The van der Waals surface area contributed by atoms with Gasteiger partial charge in [-0.25, -0.2) is 4.39 Å². The van der Waals surface area contributed by atoms with Gasteiger partial charge in [-0.15, -0.1) is 0 Å². The van der Waals surface area contributed by atoms with Crippen LogP contribution in [0.25, 0.3) is 0 Å². The summed E-state index contributed by atoms with van der Waals surface area (Å²) in [6.07, 6.45) is -2.64. The molecule has 26 heavy (non-hydrogen) atoms. The molecule has 0 unspecified atom stereocenters. The zero-order valence-electron chi connectivity index (χ0n) is 14.1. The topological polar surface area (TPSA) is 95.7 Å². The van der Waals surface area contributed by atoms with Crippen molar-refractivity contribution in [2.24, 2.45) is 5.73 Å². The molecule has 1 atom stereocenters. The third kappa shape index (κ3) is 3.66. The van der Waals surface area contributed by atoms with Crippen LogP contribution in [0.4, 0.5) is 4.39 Å². The van der Waals surface area contributed by atoms with Crippen molar-refractivity contribution in [3.8, 4) is 0 Å². The highest BCUT2D eigenvalue weighted by molar-refractivity contribution is 7.86. The predicted molar refractivity (Wildman–Crippen MR) is 91.6 cm³/mol. The zero-order chi connectivity index (χ0) is 19.8. The van der Waals surface area contributed by atoms with E-state index < -0.39 is 50.8 Å². The highest BCUT2D eigenvalue weighted by atomic mass is 35.5. The Kier molecular flexibility index (Phi) is 4.52. The van der Waals surface area contributed by atoms with E-state index in [0.717, 1.165) is 6.07 Å². The van der Waals surface area contributed by atoms with Crippen LogP contribution in [-0.2, 0) is 29.6 Å². The normalized spacial score (nSPS) is 20.7. The predicted octanol–water partition coefficient (Wildman–Crippen LogP) is 2.79. The van der Waals surface area contributed by atoms with E-state index in [9.17, 15) is 17.6 Å². The molecule has 0 aromatic heterocycles. The molecule has 0 amide bonds. The van der Waals surface area contributed by atoms with Gasteiger partial charge in [0.15, 0.2) is 6.08 Å². The molecular weight excluding hydrogens is 385 g/mol. The first kappa shape index (κ1) is 16.9. The molecule has 9 heteroatoms. The Labute approximate surface area is 155 Å². The number of carbonyl (C=O) groups excluding carboxylic acids is 1. The van der Waals surface area contributed by atoms with E-state index >= 15 is 0 Å². The summed E-state index contributed by atoms with van der Waals surface area (Å²) >= 11 is 5.67. The highest BCUT2D eigenvalue weighted by Crippen LogP contribution is 2.35. The maximum atomic E-state index is 14.2. The van der Waals surface area contributed by atoms with Crippen LogP contribution in [0, 0.1) is 5.82 Å². The highest BCUT2D eigenvalue weighted by Gasteiger charge is 2.41. The van der Waals surface area contributed by atoms with Gasteiger partial charge in [0.2, 0.25) is 17.4 Å². The number of hydrogen-bond acceptors (Lipinski definition) is 6. The van der Waals surface area contributed by atoms with Gasteiger partial charge in [0, 0.05) is 5.56 Å². The fraction of sp³-hybridized carbons (Fsp3) is 0.118. The molecule has 2 aromatic carbocycles. The Morgan fingerprint density at radius 3 is 2.62 bits per heavy atom. The Hall–Kier alpha value is -2.58. The van der Waals surface area contributed by atoms with Crippen LogP contribution in [0.5, 0.6) is 0 Å². The molecule has 136 valence electrons. The van der Waals surface area contributed by atoms with E-state index in [0.29, 0.717) is 5.56 Å². The lowest BCUT2D eigenvalue weighted by molar-refractivity contribution is -0.123. The molecule has 6 nitrogen and oxygen atoms in total. The number of hydrogen-bond donors (Lipinski definition) is 1. The Morgan fingerprint density at radius 2 is 1.92 bits per heavy atom. The SMILES string of the molecule is [2H][C@]1(c2cccc(Cl)c2F)OC(N)=C(OS(=O)(=O)Cc2ccccc2)C1=O. The number of rotatable bonds is 5. The number of Topliss-reactive ketones (excluding diaryl/α,β-unsaturated/α-hetero) is 1. The van der Waals surface area contributed by atoms with Crippen LogP contribution < -0.4 is 5.73 Å². The van der Waals surface area contributed by atoms with Crippen molar-refractivity contribution in [1.82, 2.24) is 0 Å². The summed E-state index contributed by atoms with van der Waals surface area (Å²) < 4.78 is 56.7. The molecule has 2 N–H and O–H groups in total. The summed E-state index contributed by atoms with van der Waals surface area (Å²) in [5, 5.41) is -0.333. The lowest BCUT2D eigenvalue weighted by atomic mass is 10.1. The molecule has 0 spiro atoms. The van der Waals surface area contributed by atoms with Gasteiger partial charge in [-0.1, -0.05) is 54.1 Å². The molecule has 1 aliphatic rings. The van der Waals surface area contributed by atoms with Crippen molar-refractivity contribution in [3.05, 3.63) is 82.1 Å². The van der Waals surface area contributed by atoms with E-state index in [1.54, 1.807) is 30.3 Å². The summed E-state index contributed by atoms with van der Waals surface area (Å²) in [7, 11) is -4.28. The lowest BCUT2D eigenvalue weighted by Gasteiger charge is -2.11. The molecule has 1 aliphatic heterocycles. The van der Waals surface area contributed by atoms with Crippen LogP contribution in [0.2, 0.25) is 5.02 Å². The second-order valence-corrected chi connectivity index (χ2v) is 7.30. The third-order valence-electron chi connectivity index (χ3n) is 3.44. The third-order valence-corrected chi connectivity index (χ3v) is 4.84. The number of benzene rings is 2. The molecule has 0 bridgehead atoms. The van der Waals surface area contributed by atoms with Crippen molar-refractivity contribution >= 4 is 27.5 Å². The molecule has 0 fully saturated rings. The zero-order valence-corrected chi connectivity index (χ0v) is 14.7. The molecule has 3 rings (SSSR count). The molecular formula is C17H13ClFNO5S. The number of carbonyl (C=O) groups is 1. The summed E-state index contributed by atoms with van der Waals surface area (Å²) in [6.45, 7) is 0. The summed E-state index contributed by atoms with van der Waals surface area (Å²) in [5.41, 5.74) is 5.45. The first-order chi connectivity index (χ1) is 12.6. The molecule has 0 saturated heterocycles. The van der Waals surface area contributed by atoms with Crippen molar-refractivity contribution in [1.29, 1.82) is 0 Å². The molecule has 0 aliphatic carbocycles. The second-order valence-electron chi connectivity index (χ2n) is 5.33. The number of halogens is 2. The summed E-state index contributed by atoms with van der Waals surface area (Å²) in [6, 6.07) is 11.7. The Bertz CT molecular complexity index is 1040. The molecule has 2 aromatic rings. The number of ether oxygens (including phenoxy) is 1. The van der Waals surface area contributed by atoms with Gasteiger partial charge < -0.3 is 14.7 Å². The van der Waals surface area contributed by atoms with Gasteiger partial charge in [-0.3, -0.25) is 4.79 Å². The van der Waals surface area contributed by atoms with Crippen molar-refractivity contribution in [3.63, 3.8) is 0 Å². The first-order valence-electron chi connectivity index (χ1n) is 7.78. The van der Waals surface area contributed by atoms with Gasteiger partial charge in [0.05, 0.1) is 6.39 Å². The minimum atomic E-state index is -4.28. The van der Waals surface area contributed by atoms with Gasteiger partial charge >= 0.3 is 10.1 Å². The quantitative estimate of drug-likeness (QED) is 0.778. The smallest absolute Gasteiger partial charge is 0.313 e. The fourth-order valence-electron chi connectivity index (χ4n) is 2.29. The van der Waals surface area contributed by atoms with Crippen LogP contribution in [0.1, 0.15) is 18.6 Å². The number of ketones is 1. The molecule has 0 saturated carbocycles. The van der Waals surface area contributed by atoms with Crippen molar-refractivity contribution in [2.45, 2.75) is 11.8 Å². The Balaban J connectivity index is 1.88. The first-order valence-corrected chi connectivity index (χ1v) is 9.24. The average Bonchev–Trinajstić information content (AvgIpc) is 2.81. The van der Waals surface area contributed by atoms with E-state index in [-0.39, 0.29) is 5.02 Å². The van der Waals surface area contributed by atoms with Crippen LogP contribution in [0.15, 0.2) is 60.2 Å². The number of nitrogens with two attached hydrogens (primary N) is 1. The van der Waals surface area contributed by atoms with Crippen molar-refractivity contribution in [2.75, 3.05) is 0 Å². The maximum absolute atomic E-state index is 14.2. The van der Waals surface area contributed by atoms with Crippen LogP contribution >= 0.6 is 11.6 Å². The maximum Gasteiger partial charge on any atom is 0.313 e. The van der Waals surface area contributed by atoms with Gasteiger partial charge in [-0.2, -0.15) is 8.42 Å². The summed E-state index contributed by atoms with van der Waals surface area (Å²) in [4.78, 5) is 12.6. The van der Waals surface area contributed by atoms with Gasteiger partial charge in [0.1, 0.15) is 11.6 Å². The van der Waals surface area contributed by atoms with E-state index in [4.69, 9.17) is 27.6 Å².